The van der Waals surface area contributed by atoms with Crippen molar-refractivity contribution in [3.8, 4) is 0 Å². The molecule has 2 heteroatoms. The number of anilines is 3. The molecule has 0 saturated heterocycles. The summed E-state index contributed by atoms with van der Waals surface area (Å²) in [6.45, 7) is 4.26. The van der Waals surface area contributed by atoms with Crippen molar-refractivity contribution in [3.63, 3.8) is 0 Å². The van der Waals surface area contributed by atoms with Crippen LogP contribution in [0.5, 0.6) is 0 Å². The third kappa shape index (κ3) is 2.65. The van der Waals surface area contributed by atoms with Crippen LogP contribution in [0.2, 0.25) is 0 Å². The molecule has 0 heterocycles. The van der Waals surface area contributed by atoms with Gasteiger partial charge in [0.2, 0.25) is 0 Å². The molecule has 0 amide bonds. The van der Waals surface area contributed by atoms with E-state index < -0.39 is 0 Å². The fourth-order valence-electron chi connectivity index (χ4n) is 2.00. The minimum absolute atomic E-state index is 1.12. The van der Waals surface area contributed by atoms with Crippen molar-refractivity contribution in [2.45, 2.75) is 13.8 Å². The van der Waals surface area contributed by atoms with E-state index in [9.17, 15) is 0 Å². The Hall–Kier alpha value is -1.96. The van der Waals surface area contributed by atoms with E-state index in [4.69, 9.17) is 0 Å². The Morgan fingerprint density at radius 2 is 1.39 bits per heavy atom. The molecule has 0 aromatic heterocycles. The minimum atomic E-state index is 1.12. The van der Waals surface area contributed by atoms with Gasteiger partial charge in [-0.05, 0) is 49.2 Å². The lowest BCUT2D eigenvalue weighted by Gasteiger charge is -2.15. The Labute approximate surface area is 109 Å². The largest absolute Gasteiger partial charge is 0.378 e. The van der Waals surface area contributed by atoms with Gasteiger partial charge in [-0.25, -0.2) is 0 Å². The van der Waals surface area contributed by atoms with Gasteiger partial charge in [0.05, 0.1) is 0 Å². The third-order valence-electron chi connectivity index (χ3n) is 3.13. The van der Waals surface area contributed by atoms with Gasteiger partial charge in [0.25, 0.3) is 0 Å². The molecule has 2 rings (SSSR count). The zero-order valence-electron chi connectivity index (χ0n) is 11.5. The van der Waals surface area contributed by atoms with E-state index in [-0.39, 0.29) is 0 Å². The Balaban J connectivity index is 2.24. The van der Waals surface area contributed by atoms with Gasteiger partial charge in [0.1, 0.15) is 0 Å². The Bertz CT molecular complexity index is 507. The number of aryl methyl sites for hydroxylation is 2. The average molecular weight is 240 g/mol. The van der Waals surface area contributed by atoms with Gasteiger partial charge < -0.3 is 10.2 Å². The monoisotopic (exact) mass is 240 g/mol. The van der Waals surface area contributed by atoms with Crippen molar-refractivity contribution in [1.29, 1.82) is 0 Å². The van der Waals surface area contributed by atoms with Crippen LogP contribution in [-0.2, 0) is 0 Å². The first-order valence-corrected chi connectivity index (χ1v) is 6.18. The van der Waals surface area contributed by atoms with Crippen LogP contribution in [-0.4, -0.2) is 14.1 Å². The summed E-state index contributed by atoms with van der Waals surface area (Å²) in [5.74, 6) is 0. The van der Waals surface area contributed by atoms with Gasteiger partial charge >= 0.3 is 0 Å². The summed E-state index contributed by atoms with van der Waals surface area (Å²) in [7, 11) is 4.10. The van der Waals surface area contributed by atoms with Crippen LogP contribution in [0.3, 0.4) is 0 Å². The van der Waals surface area contributed by atoms with Gasteiger partial charge in [0, 0.05) is 31.2 Å². The van der Waals surface area contributed by atoms with Crippen molar-refractivity contribution in [3.05, 3.63) is 53.6 Å². The molecule has 0 aliphatic heterocycles. The molecule has 0 spiro atoms. The maximum Gasteiger partial charge on any atom is 0.0443 e. The van der Waals surface area contributed by atoms with Crippen LogP contribution in [0.1, 0.15) is 11.1 Å². The Kier molecular flexibility index (Phi) is 3.56. The number of rotatable bonds is 3. The smallest absolute Gasteiger partial charge is 0.0443 e. The quantitative estimate of drug-likeness (QED) is 0.868. The predicted octanol–water partition coefficient (Wildman–Crippen LogP) is 4.11. The minimum Gasteiger partial charge on any atom is -0.378 e. The number of hydrogen-bond acceptors (Lipinski definition) is 2. The summed E-state index contributed by atoms with van der Waals surface area (Å²) in [6.07, 6.45) is 0. The molecule has 2 nitrogen and oxygen atoms in total. The molecule has 2 aromatic rings. The number of benzene rings is 2. The zero-order valence-corrected chi connectivity index (χ0v) is 11.5. The highest BCUT2D eigenvalue weighted by molar-refractivity contribution is 5.67. The van der Waals surface area contributed by atoms with Crippen molar-refractivity contribution in [1.82, 2.24) is 0 Å². The van der Waals surface area contributed by atoms with E-state index >= 15 is 0 Å². The first kappa shape index (κ1) is 12.5. The fourth-order valence-corrected chi connectivity index (χ4v) is 2.00. The molecule has 0 aliphatic rings. The zero-order chi connectivity index (χ0) is 13.1. The highest BCUT2D eigenvalue weighted by Crippen LogP contribution is 2.25. The molecular weight excluding hydrogens is 220 g/mol. The maximum absolute atomic E-state index is 3.49. The molecule has 0 saturated carbocycles. The number of nitrogens with one attached hydrogen (secondary N) is 1. The molecule has 2 aromatic carbocycles. The summed E-state index contributed by atoms with van der Waals surface area (Å²) in [5.41, 5.74) is 6.08. The molecule has 18 heavy (non-hydrogen) atoms. The van der Waals surface area contributed by atoms with Crippen LogP contribution in [0.4, 0.5) is 17.1 Å². The second-order valence-electron chi connectivity index (χ2n) is 4.83. The third-order valence-corrected chi connectivity index (χ3v) is 3.13. The van der Waals surface area contributed by atoms with E-state index in [0.29, 0.717) is 0 Å². The van der Waals surface area contributed by atoms with Gasteiger partial charge in [-0.1, -0.05) is 18.2 Å². The standard InChI is InChI=1S/C16H20N2/c1-12-6-5-7-13(2)16(12)17-14-8-10-15(11-9-14)18(3)4/h5-11,17H,1-4H3. The van der Waals surface area contributed by atoms with Crippen LogP contribution in [0.25, 0.3) is 0 Å². The lowest BCUT2D eigenvalue weighted by molar-refractivity contribution is 1.13. The van der Waals surface area contributed by atoms with Crippen molar-refractivity contribution in [2.24, 2.45) is 0 Å². The molecule has 1 N–H and O–H groups in total. The van der Waals surface area contributed by atoms with Gasteiger partial charge in [-0.2, -0.15) is 0 Å². The highest BCUT2D eigenvalue weighted by atomic mass is 15.1. The Morgan fingerprint density at radius 3 is 1.89 bits per heavy atom. The van der Waals surface area contributed by atoms with Crippen molar-refractivity contribution in [2.75, 3.05) is 24.3 Å². The van der Waals surface area contributed by atoms with E-state index in [2.05, 4.69) is 66.5 Å². The summed E-state index contributed by atoms with van der Waals surface area (Å²) in [5, 5.41) is 3.49. The normalized spacial score (nSPS) is 10.2. The van der Waals surface area contributed by atoms with Crippen molar-refractivity contribution < 1.29 is 0 Å². The molecule has 94 valence electrons. The maximum atomic E-state index is 3.49. The van der Waals surface area contributed by atoms with Crippen molar-refractivity contribution >= 4 is 17.1 Å². The number of para-hydroxylation sites is 1. The molecule has 0 aliphatic carbocycles. The lowest BCUT2D eigenvalue weighted by Crippen LogP contribution is -2.08. The first-order chi connectivity index (χ1) is 8.58. The molecule has 0 radical (unpaired) electrons. The summed E-state index contributed by atoms with van der Waals surface area (Å²) < 4.78 is 0. The fraction of sp³-hybridized carbons (Fsp3) is 0.250. The first-order valence-electron chi connectivity index (χ1n) is 6.18. The second-order valence-corrected chi connectivity index (χ2v) is 4.83. The molecule has 0 atom stereocenters. The van der Waals surface area contributed by atoms with E-state index in [0.717, 1.165) is 5.69 Å². The molecule has 0 fully saturated rings. The van der Waals surface area contributed by atoms with Crippen LogP contribution in [0.15, 0.2) is 42.5 Å². The topological polar surface area (TPSA) is 15.3 Å². The number of nitrogens with zero attached hydrogens (tertiary/aromatic N) is 1. The molecule has 0 bridgehead atoms. The SMILES string of the molecule is Cc1cccc(C)c1Nc1ccc(N(C)C)cc1. The van der Waals surface area contributed by atoms with E-state index in [1.54, 1.807) is 0 Å². The van der Waals surface area contributed by atoms with Gasteiger partial charge in [0.15, 0.2) is 0 Å². The molecular formula is C16H20N2. The predicted molar refractivity (Wildman–Crippen MR) is 80.0 cm³/mol. The Morgan fingerprint density at radius 1 is 0.833 bits per heavy atom. The summed E-state index contributed by atoms with van der Waals surface area (Å²) in [4.78, 5) is 2.10. The van der Waals surface area contributed by atoms with Crippen LogP contribution >= 0.6 is 0 Å². The lowest BCUT2D eigenvalue weighted by atomic mass is 10.1. The van der Waals surface area contributed by atoms with E-state index in [1.165, 1.54) is 22.5 Å². The van der Waals surface area contributed by atoms with E-state index in [1.807, 2.05) is 14.1 Å². The van der Waals surface area contributed by atoms with Gasteiger partial charge in [-0.15, -0.1) is 0 Å². The van der Waals surface area contributed by atoms with Crippen LogP contribution < -0.4 is 10.2 Å². The summed E-state index contributed by atoms with van der Waals surface area (Å²) >= 11 is 0. The molecule has 0 unspecified atom stereocenters. The second kappa shape index (κ2) is 5.13. The van der Waals surface area contributed by atoms with Gasteiger partial charge in [-0.3, -0.25) is 0 Å². The highest BCUT2D eigenvalue weighted by Gasteiger charge is 2.02. The summed E-state index contributed by atoms with van der Waals surface area (Å²) in [6, 6.07) is 14.8. The number of hydrogen-bond donors (Lipinski definition) is 1. The van der Waals surface area contributed by atoms with Crippen LogP contribution in [0, 0.1) is 13.8 Å². The average Bonchev–Trinajstić information content (AvgIpc) is 2.34.